The van der Waals surface area contributed by atoms with Crippen LogP contribution in [0.2, 0.25) is 5.02 Å². The molecule has 3 heterocycles. The third-order valence-electron chi connectivity index (χ3n) is 11.3. The van der Waals surface area contributed by atoms with Gasteiger partial charge in [-0.15, -0.1) is 0 Å². The minimum Gasteiger partial charge on any atom is -0.445 e. The summed E-state index contributed by atoms with van der Waals surface area (Å²) in [7, 11) is 0. The van der Waals surface area contributed by atoms with Crippen LogP contribution < -0.4 is 10.2 Å². The fourth-order valence-electron chi connectivity index (χ4n) is 8.23. The van der Waals surface area contributed by atoms with Crippen LogP contribution in [0.25, 0.3) is 11.1 Å². The predicted octanol–water partition coefficient (Wildman–Crippen LogP) is 7.64. The Hall–Kier alpha value is -4.44. The first-order chi connectivity index (χ1) is 26.4. The number of amides is 2. The van der Waals surface area contributed by atoms with Crippen molar-refractivity contribution in [1.82, 2.24) is 20.0 Å². The maximum absolute atomic E-state index is 15.2. The van der Waals surface area contributed by atoms with Crippen molar-refractivity contribution in [3.05, 3.63) is 125 Å². The molecule has 0 unspecified atom stereocenters. The van der Waals surface area contributed by atoms with Crippen molar-refractivity contribution in [2.75, 3.05) is 63.8 Å². The average Bonchev–Trinajstić information content (AvgIpc) is 3.75. The molecule has 3 fully saturated rings. The third kappa shape index (κ3) is 9.61. The van der Waals surface area contributed by atoms with Gasteiger partial charge in [0.05, 0.1) is 0 Å². The van der Waals surface area contributed by atoms with Gasteiger partial charge in [-0.2, -0.15) is 0 Å². The van der Waals surface area contributed by atoms with Crippen molar-refractivity contribution in [1.29, 1.82) is 0 Å². The van der Waals surface area contributed by atoms with Crippen LogP contribution in [-0.2, 0) is 29.1 Å². The number of alkyl carbamates (subject to hydrolysis) is 1. The van der Waals surface area contributed by atoms with Gasteiger partial charge in [-0.25, -0.2) is 9.18 Å². The summed E-state index contributed by atoms with van der Waals surface area (Å²) in [4.78, 5) is 36.3. The van der Waals surface area contributed by atoms with Gasteiger partial charge in [-0.3, -0.25) is 9.69 Å². The van der Waals surface area contributed by atoms with Crippen LogP contribution in [0.5, 0.6) is 0 Å². The number of likely N-dealkylation sites (tertiary alicyclic amines) is 1. The molecular weight excluding hydrogens is 701 g/mol. The molecule has 8 nitrogen and oxygen atoms in total. The number of carbonyl (C=O) groups is 2. The van der Waals surface area contributed by atoms with Gasteiger partial charge in [0.15, 0.2) is 0 Å². The number of rotatable bonds is 12. The van der Waals surface area contributed by atoms with Gasteiger partial charge in [0.2, 0.25) is 5.91 Å². The Balaban J connectivity index is 0.977. The lowest BCUT2D eigenvalue weighted by atomic mass is 9.88. The fraction of sp³-hybridized carbons (Fsp3) is 0.409. The summed E-state index contributed by atoms with van der Waals surface area (Å²) in [5, 5.41) is 3.73. The summed E-state index contributed by atoms with van der Waals surface area (Å²) >= 11 is 6.44. The van der Waals surface area contributed by atoms with E-state index in [-0.39, 0.29) is 24.2 Å². The SMILES string of the molecule is O=C(N[C@@H](C(=O)N1CCN(Cc2c(F)cccc2N2CCCC2)CC1)C1CCN(CCc2cc(Cl)ccc2-c2ccccc2)CC1)OCc1ccccc1. The summed E-state index contributed by atoms with van der Waals surface area (Å²) in [5.41, 5.74) is 6.19. The van der Waals surface area contributed by atoms with Crippen molar-refractivity contribution in [2.45, 2.75) is 51.3 Å². The van der Waals surface area contributed by atoms with Crippen molar-refractivity contribution in [2.24, 2.45) is 5.92 Å². The van der Waals surface area contributed by atoms with E-state index < -0.39 is 12.1 Å². The maximum atomic E-state index is 15.2. The molecule has 3 saturated heterocycles. The number of hydrogen-bond acceptors (Lipinski definition) is 6. The molecule has 0 saturated carbocycles. The molecule has 1 N–H and O–H groups in total. The molecule has 4 aromatic rings. The zero-order chi connectivity index (χ0) is 37.3. The molecule has 4 aromatic carbocycles. The lowest BCUT2D eigenvalue weighted by Crippen LogP contribution is -2.58. The molecule has 7 rings (SSSR count). The average molecular weight is 752 g/mol. The number of benzene rings is 4. The topological polar surface area (TPSA) is 68.4 Å². The first-order valence-electron chi connectivity index (χ1n) is 19.5. The van der Waals surface area contributed by atoms with E-state index in [9.17, 15) is 9.59 Å². The number of halogens is 2. The monoisotopic (exact) mass is 751 g/mol. The van der Waals surface area contributed by atoms with Crippen LogP contribution in [0.4, 0.5) is 14.9 Å². The molecule has 0 aromatic heterocycles. The minimum absolute atomic E-state index is 0.0245. The molecule has 54 heavy (non-hydrogen) atoms. The minimum atomic E-state index is -0.687. The van der Waals surface area contributed by atoms with Crippen LogP contribution in [0, 0.1) is 11.7 Å². The van der Waals surface area contributed by atoms with Gasteiger partial charge in [0, 0.05) is 68.6 Å². The number of nitrogens with zero attached hydrogens (tertiary/aromatic N) is 4. The fourth-order valence-corrected chi connectivity index (χ4v) is 8.43. The molecule has 0 spiro atoms. The first kappa shape index (κ1) is 37.9. The number of anilines is 1. The van der Waals surface area contributed by atoms with Crippen molar-refractivity contribution in [3.8, 4) is 11.1 Å². The molecule has 0 aliphatic carbocycles. The van der Waals surface area contributed by atoms with E-state index in [2.05, 4.69) is 56.4 Å². The van der Waals surface area contributed by atoms with E-state index in [0.29, 0.717) is 32.7 Å². The van der Waals surface area contributed by atoms with Crippen LogP contribution in [0.15, 0.2) is 97.1 Å². The molecule has 0 radical (unpaired) electrons. The van der Waals surface area contributed by atoms with Crippen molar-refractivity contribution < 1.29 is 18.7 Å². The quantitative estimate of drug-likeness (QED) is 0.161. The third-order valence-corrected chi connectivity index (χ3v) is 11.5. The van der Waals surface area contributed by atoms with Gasteiger partial charge in [-0.05, 0) is 97.6 Å². The van der Waals surface area contributed by atoms with E-state index >= 15 is 4.39 Å². The van der Waals surface area contributed by atoms with Crippen molar-refractivity contribution in [3.63, 3.8) is 0 Å². The second-order valence-corrected chi connectivity index (χ2v) is 15.2. The highest BCUT2D eigenvalue weighted by atomic mass is 35.5. The van der Waals surface area contributed by atoms with Crippen LogP contribution >= 0.6 is 11.6 Å². The Kier molecular flexibility index (Phi) is 12.8. The molecule has 0 bridgehead atoms. The van der Waals surface area contributed by atoms with Gasteiger partial charge >= 0.3 is 6.09 Å². The highest BCUT2D eigenvalue weighted by Gasteiger charge is 2.37. The highest BCUT2D eigenvalue weighted by Crippen LogP contribution is 2.30. The summed E-state index contributed by atoms with van der Waals surface area (Å²) in [6.07, 6.45) is 4.10. The standard InChI is InChI=1S/C44H51ClFN5O3/c45-37-16-17-38(34-12-5-2-6-13-34)36(30-37)20-25-48-23-18-35(19-24-48)42(47-44(53)54-32-33-10-3-1-4-11-33)43(52)51-28-26-49(27-29-51)31-39-40(46)14-9-15-41(39)50-21-7-8-22-50/h1-6,9-17,30,35,42H,7-8,18-29,31-32H2,(H,47,53)/t42-/m1/s1. The van der Waals surface area contributed by atoms with E-state index in [0.717, 1.165) is 86.7 Å². The molecular formula is C44H51ClFN5O3. The smallest absolute Gasteiger partial charge is 0.408 e. The van der Waals surface area contributed by atoms with E-state index in [1.807, 2.05) is 53.4 Å². The highest BCUT2D eigenvalue weighted by molar-refractivity contribution is 6.30. The molecule has 10 heteroatoms. The molecule has 2 amide bonds. The summed E-state index contributed by atoms with van der Waals surface area (Å²) in [5.74, 6) is -0.268. The lowest BCUT2D eigenvalue weighted by Gasteiger charge is -2.40. The molecule has 284 valence electrons. The Morgan fingerprint density at radius 2 is 1.50 bits per heavy atom. The normalized spacial score (nSPS) is 17.7. The first-order valence-corrected chi connectivity index (χ1v) is 19.9. The number of hydrogen-bond donors (Lipinski definition) is 1. The Morgan fingerprint density at radius 3 is 2.22 bits per heavy atom. The predicted molar refractivity (Wildman–Crippen MR) is 213 cm³/mol. The summed E-state index contributed by atoms with van der Waals surface area (Å²) < 4.78 is 20.8. The summed E-state index contributed by atoms with van der Waals surface area (Å²) in [6, 6.07) is 30.7. The largest absolute Gasteiger partial charge is 0.445 e. The second-order valence-electron chi connectivity index (χ2n) is 14.8. The number of ether oxygens (including phenoxy) is 1. The number of nitrogens with one attached hydrogen (secondary N) is 1. The molecule has 1 atom stereocenters. The van der Waals surface area contributed by atoms with Gasteiger partial charge in [-0.1, -0.05) is 84.4 Å². The Morgan fingerprint density at radius 1 is 0.796 bits per heavy atom. The second kappa shape index (κ2) is 18.3. The van der Waals surface area contributed by atoms with Gasteiger partial charge in [0.1, 0.15) is 18.5 Å². The Labute approximate surface area is 323 Å². The maximum Gasteiger partial charge on any atom is 0.408 e. The zero-order valence-electron chi connectivity index (χ0n) is 31.0. The van der Waals surface area contributed by atoms with Crippen LogP contribution in [0.1, 0.15) is 42.4 Å². The van der Waals surface area contributed by atoms with Crippen LogP contribution in [0.3, 0.4) is 0 Å². The van der Waals surface area contributed by atoms with Gasteiger partial charge < -0.3 is 24.8 Å². The lowest BCUT2D eigenvalue weighted by molar-refractivity contribution is -0.137. The van der Waals surface area contributed by atoms with Gasteiger partial charge in [0.25, 0.3) is 0 Å². The van der Waals surface area contributed by atoms with E-state index in [1.54, 1.807) is 12.1 Å². The Bertz CT molecular complexity index is 1840. The van der Waals surface area contributed by atoms with E-state index in [1.165, 1.54) is 16.7 Å². The number of carbonyl (C=O) groups excluding carboxylic acids is 2. The summed E-state index contributed by atoms with van der Waals surface area (Å²) in [6.45, 7) is 7.39. The number of piperazine rings is 1. The number of piperidine rings is 1. The van der Waals surface area contributed by atoms with Crippen LogP contribution in [-0.4, -0.2) is 91.6 Å². The molecule has 3 aliphatic heterocycles. The van der Waals surface area contributed by atoms with Crippen molar-refractivity contribution >= 4 is 29.3 Å². The van der Waals surface area contributed by atoms with E-state index in [4.69, 9.17) is 16.3 Å². The zero-order valence-corrected chi connectivity index (χ0v) is 31.7. The molecule has 3 aliphatic rings.